The van der Waals surface area contributed by atoms with E-state index in [0.29, 0.717) is 11.8 Å². The molecule has 3 rings (SSSR count). The number of likely N-dealkylation sites (tertiary alicyclic amines) is 2. The predicted molar refractivity (Wildman–Crippen MR) is 85.2 cm³/mol. The molecule has 4 heteroatoms. The molecule has 21 heavy (non-hydrogen) atoms. The van der Waals surface area contributed by atoms with E-state index in [-0.39, 0.29) is 6.04 Å². The molecule has 4 nitrogen and oxygen atoms in total. The van der Waals surface area contributed by atoms with Gasteiger partial charge in [-0.1, -0.05) is 12.8 Å². The number of rotatable bonds is 3. The fraction of sp³-hybridized carbons (Fsp3) is 0.941. The number of hydrogen-bond acceptors (Lipinski definition) is 3. The molecule has 0 aromatic carbocycles. The highest BCUT2D eigenvalue weighted by Gasteiger charge is 2.30. The Morgan fingerprint density at radius 2 is 1.76 bits per heavy atom. The summed E-state index contributed by atoms with van der Waals surface area (Å²) in [6.07, 6.45) is 10.2. The van der Waals surface area contributed by atoms with Crippen molar-refractivity contribution in [3.63, 3.8) is 0 Å². The molecule has 3 heterocycles. The average molecular weight is 293 g/mol. The van der Waals surface area contributed by atoms with Crippen LogP contribution >= 0.6 is 0 Å². The molecule has 0 bridgehead atoms. The van der Waals surface area contributed by atoms with E-state index in [1.165, 1.54) is 58.2 Å². The van der Waals surface area contributed by atoms with Gasteiger partial charge in [0.15, 0.2) is 0 Å². The Morgan fingerprint density at radius 3 is 2.48 bits per heavy atom. The van der Waals surface area contributed by atoms with E-state index in [1.807, 2.05) is 0 Å². The lowest BCUT2D eigenvalue weighted by molar-refractivity contribution is -0.135. The second-order valence-electron chi connectivity index (χ2n) is 7.16. The Hall–Kier alpha value is -0.610. The van der Waals surface area contributed by atoms with Crippen LogP contribution in [0.15, 0.2) is 0 Å². The summed E-state index contributed by atoms with van der Waals surface area (Å²) < 4.78 is 0. The zero-order valence-electron chi connectivity index (χ0n) is 13.4. The summed E-state index contributed by atoms with van der Waals surface area (Å²) in [6, 6.07) is 0.113. The van der Waals surface area contributed by atoms with Crippen LogP contribution in [0.3, 0.4) is 0 Å². The maximum Gasteiger partial charge on any atom is 0.239 e. The van der Waals surface area contributed by atoms with Gasteiger partial charge in [-0.3, -0.25) is 4.79 Å². The zero-order chi connectivity index (χ0) is 14.5. The minimum absolute atomic E-state index is 0.113. The quantitative estimate of drug-likeness (QED) is 0.862. The normalized spacial score (nSPS) is 32.1. The van der Waals surface area contributed by atoms with Crippen LogP contribution in [0, 0.1) is 5.92 Å². The molecule has 0 aliphatic carbocycles. The highest BCUT2D eigenvalue weighted by molar-refractivity contribution is 5.82. The Kier molecular flexibility index (Phi) is 5.53. The lowest BCUT2D eigenvalue weighted by Crippen LogP contribution is -2.49. The molecule has 120 valence electrons. The van der Waals surface area contributed by atoms with Gasteiger partial charge in [0, 0.05) is 19.6 Å². The molecule has 0 saturated carbocycles. The van der Waals surface area contributed by atoms with Gasteiger partial charge in [0.05, 0.1) is 6.04 Å². The zero-order valence-corrected chi connectivity index (χ0v) is 13.4. The second kappa shape index (κ2) is 7.59. The summed E-state index contributed by atoms with van der Waals surface area (Å²) in [4.78, 5) is 17.3. The van der Waals surface area contributed by atoms with Gasteiger partial charge in [0.25, 0.3) is 0 Å². The van der Waals surface area contributed by atoms with Crippen LogP contribution in [0.1, 0.15) is 51.4 Å². The van der Waals surface area contributed by atoms with Crippen molar-refractivity contribution in [2.75, 3.05) is 39.3 Å². The van der Waals surface area contributed by atoms with E-state index >= 15 is 0 Å². The maximum atomic E-state index is 12.5. The molecule has 3 aliphatic heterocycles. The summed E-state index contributed by atoms with van der Waals surface area (Å²) in [5.41, 5.74) is 0. The molecule has 3 saturated heterocycles. The minimum Gasteiger partial charge on any atom is -0.341 e. The number of piperidine rings is 1. The summed E-state index contributed by atoms with van der Waals surface area (Å²) in [5.74, 6) is 1.07. The lowest BCUT2D eigenvalue weighted by Gasteiger charge is -2.36. The Labute approximate surface area is 129 Å². The smallest absolute Gasteiger partial charge is 0.239 e. The molecule has 1 N–H and O–H groups in total. The van der Waals surface area contributed by atoms with Crippen molar-refractivity contribution in [1.29, 1.82) is 0 Å². The van der Waals surface area contributed by atoms with E-state index < -0.39 is 0 Å². The van der Waals surface area contributed by atoms with Gasteiger partial charge < -0.3 is 15.1 Å². The van der Waals surface area contributed by atoms with Crippen LogP contribution in [-0.4, -0.2) is 61.0 Å². The van der Waals surface area contributed by atoms with Crippen molar-refractivity contribution in [3.05, 3.63) is 0 Å². The van der Waals surface area contributed by atoms with E-state index in [9.17, 15) is 4.79 Å². The van der Waals surface area contributed by atoms with Gasteiger partial charge in [0.2, 0.25) is 5.91 Å². The minimum atomic E-state index is 0.113. The van der Waals surface area contributed by atoms with Crippen molar-refractivity contribution in [2.24, 2.45) is 5.92 Å². The molecule has 1 amide bonds. The molecular formula is C17H31N3O. The van der Waals surface area contributed by atoms with Crippen molar-refractivity contribution in [1.82, 2.24) is 15.1 Å². The highest BCUT2D eigenvalue weighted by atomic mass is 16.2. The first-order valence-corrected chi connectivity index (χ1v) is 9.07. The van der Waals surface area contributed by atoms with Crippen molar-refractivity contribution < 1.29 is 4.79 Å². The van der Waals surface area contributed by atoms with Crippen LogP contribution in [0.4, 0.5) is 0 Å². The van der Waals surface area contributed by atoms with E-state index in [0.717, 1.165) is 32.5 Å². The van der Waals surface area contributed by atoms with Crippen LogP contribution in [-0.2, 0) is 4.79 Å². The van der Waals surface area contributed by atoms with Gasteiger partial charge in [0.1, 0.15) is 0 Å². The molecule has 0 aromatic heterocycles. The van der Waals surface area contributed by atoms with Gasteiger partial charge in [-0.2, -0.15) is 0 Å². The van der Waals surface area contributed by atoms with Gasteiger partial charge in [-0.15, -0.1) is 0 Å². The first kappa shape index (κ1) is 15.3. The van der Waals surface area contributed by atoms with Crippen molar-refractivity contribution in [2.45, 2.75) is 57.4 Å². The van der Waals surface area contributed by atoms with E-state index in [4.69, 9.17) is 0 Å². The van der Waals surface area contributed by atoms with Gasteiger partial charge in [-0.05, 0) is 64.1 Å². The summed E-state index contributed by atoms with van der Waals surface area (Å²) in [7, 11) is 0. The largest absolute Gasteiger partial charge is 0.341 e. The third-order valence-electron chi connectivity index (χ3n) is 5.40. The first-order valence-electron chi connectivity index (χ1n) is 9.07. The molecule has 2 unspecified atom stereocenters. The standard InChI is InChI=1S/C17H31N3O/c21-17(16-8-5-9-18-16)20-12-6-7-15(14-20)13-19-10-3-1-2-4-11-19/h15-16,18H,1-14H2. The molecule has 0 aromatic rings. The van der Waals surface area contributed by atoms with Gasteiger partial charge in [-0.25, -0.2) is 0 Å². The summed E-state index contributed by atoms with van der Waals surface area (Å²) in [5, 5.41) is 3.36. The first-order chi connectivity index (χ1) is 10.3. The lowest BCUT2D eigenvalue weighted by atomic mass is 9.96. The topological polar surface area (TPSA) is 35.6 Å². The third kappa shape index (κ3) is 4.19. The van der Waals surface area contributed by atoms with Crippen LogP contribution < -0.4 is 5.32 Å². The number of nitrogens with zero attached hydrogens (tertiary/aromatic N) is 2. The monoisotopic (exact) mass is 293 g/mol. The number of carbonyl (C=O) groups excluding carboxylic acids is 1. The number of carbonyl (C=O) groups is 1. The third-order valence-corrected chi connectivity index (χ3v) is 5.40. The number of nitrogens with one attached hydrogen (secondary N) is 1. The fourth-order valence-electron chi connectivity index (χ4n) is 4.21. The molecule has 3 fully saturated rings. The van der Waals surface area contributed by atoms with Crippen molar-refractivity contribution in [3.8, 4) is 0 Å². The molecular weight excluding hydrogens is 262 g/mol. The Balaban J connectivity index is 1.49. The fourth-order valence-corrected chi connectivity index (χ4v) is 4.21. The Morgan fingerprint density at radius 1 is 0.952 bits per heavy atom. The SMILES string of the molecule is O=C(C1CCCN1)N1CCCC(CN2CCCCCC2)C1. The number of amides is 1. The molecule has 0 spiro atoms. The van der Waals surface area contributed by atoms with Crippen LogP contribution in [0.25, 0.3) is 0 Å². The molecule has 3 aliphatic rings. The van der Waals surface area contributed by atoms with Crippen LogP contribution in [0.5, 0.6) is 0 Å². The van der Waals surface area contributed by atoms with Crippen molar-refractivity contribution >= 4 is 5.91 Å². The van der Waals surface area contributed by atoms with E-state index in [2.05, 4.69) is 15.1 Å². The summed E-state index contributed by atoms with van der Waals surface area (Å²) in [6.45, 7) is 6.74. The molecule has 0 radical (unpaired) electrons. The maximum absolute atomic E-state index is 12.5. The average Bonchev–Trinajstić information content (AvgIpc) is 2.93. The predicted octanol–water partition coefficient (Wildman–Crippen LogP) is 1.85. The number of hydrogen-bond donors (Lipinski definition) is 1. The molecule has 2 atom stereocenters. The highest BCUT2D eigenvalue weighted by Crippen LogP contribution is 2.21. The van der Waals surface area contributed by atoms with E-state index in [1.54, 1.807) is 0 Å². The van der Waals surface area contributed by atoms with Crippen LogP contribution in [0.2, 0.25) is 0 Å². The summed E-state index contributed by atoms with van der Waals surface area (Å²) >= 11 is 0. The van der Waals surface area contributed by atoms with Gasteiger partial charge >= 0.3 is 0 Å². The Bertz CT molecular complexity index is 333. The second-order valence-corrected chi connectivity index (χ2v) is 7.16.